The molecule has 3 aliphatic rings. The zero-order valence-corrected chi connectivity index (χ0v) is 16.9. The molecule has 0 radical (unpaired) electrons. The van der Waals surface area contributed by atoms with Crippen molar-refractivity contribution in [2.24, 2.45) is 10.9 Å². The molecule has 0 saturated carbocycles. The van der Waals surface area contributed by atoms with Gasteiger partial charge in [-0.2, -0.15) is 0 Å². The van der Waals surface area contributed by atoms with E-state index in [2.05, 4.69) is 29.5 Å². The van der Waals surface area contributed by atoms with Gasteiger partial charge in [0.1, 0.15) is 0 Å². The molecule has 0 aromatic carbocycles. The van der Waals surface area contributed by atoms with Gasteiger partial charge in [-0.1, -0.05) is 0 Å². The van der Waals surface area contributed by atoms with Crippen LogP contribution in [0.4, 0.5) is 0 Å². The van der Waals surface area contributed by atoms with Crippen molar-refractivity contribution in [3.05, 3.63) is 0 Å². The molecule has 2 bridgehead atoms. The van der Waals surface area contributed by atoms with E-state index in [1.807, 2.05) is 0 Å². The molecule has 0 aromatic heterocycles. The standard InChI is InChI=1S/C17H32N4O.HI/c1-3-18-17(20-15-12-14-4-5-16(15)22-14)19-9-6-13-7-10-21(2)11-8-13;/h13-16H,3-12H2,1-2H3,(H2,18,19,20);1H. The summed E-state index contributed by atoms with van der Waals surface area (Å²) in [6, 6.07) is 0.458. The van der Waals surface area contributed by atoms with Crippen LogP contribution >= 0.6 is 24.0 Å². The molecule has 5 nitrogen and oxygen atoms in total. The lowest BCUT2D eigenvalue weighted by molar-refractivity contribution is 0.0992. The van der Waals surface area contributed by atoms with Crippen molar-refractivity contribution in [2.45, 2.75) is 63.7 Å². The smallest absolute Gasteiger partial charge is 0.191 e. The summed E-state index contributed by atoms with van der Waals surface area (Å²) in [5, 5.41) is 6.99. The molecule has 6 heteroatoms. The minimum Gasteiger partial charge on any atom is -0.373 e. The third-order valence-electron chi connectivity index (χ3n) is 5.42. The monoisotopic (exact) mass is 436 g/mol. The minimum atomic E-state index is 0. The highest BCUT2D eigenvalue weighted by Gasteiger charge is 2.41. The Bertz CT molecular complexity index is 385. The second-order valence-corrected chi connectivity index (χ2v) is 7.16. The second kappa shape index (κ2) is 9.42. The normalized spacial score (nSPS) is 31.9. The van der Waals surface area contributed by atoms with E-state index in [1.165, 1.54) is 45.2 Å². The van der Waals surface area contributed by atoms with Gasteiger partial charge in [0.25, 0.3) is 0 Å². The Balaban J connectivity index is 0.00000192. The van der Waals surface area contributed by atoms with Crippen molar-refractivity contribution in [1.29, 1.82) is 0 Å². The number of fused-ring (bicyclic) bond motifs is 2. The highest BCUT2D eigenvalue weighted by atomic mass is 127. The maximum Gasteiger partial charge on any atom is 0.191 e. The Hall–Kier alpha value is -0.0800. The summed E-state index contributed by atoms with van der Waals surface area (Å²) in [7, 11) is 2.22. The van der Waals surface area contributed by atoms with E-state index in [-0.39, 0.29) is 24.0 Å². The number of likely N-dealkylation sites (tertiary alicyclic amines) is 1. The third kappa shape index (κ3) is 5.46. The number of hydrogen-bond donors (Lipinski definition) is 2. The summed E-state index contributed by atoms with van der Waals surface area (Å²) in [5.41, 5.74) is 0. The third-order valence-corrected chi connectivity index (χ3v) is 5.42. The van der Waals surface area contributed by atoms with Crippen LogP contribution in [0.5, 0.6) is 0 Å². The quantitative estimate of drug-likeness (QED) is 0.394. The van der Waals surface area contributed by atoms with Gasteiger partial charge in [-0.25, -0.2) is 0 Å². The fourth-order valence-corrected chi connectivity index (χ4v) is 4.00. The highest BCUT2D eigenvalue weighted by molar-refractivity contribution is 14.0. The van der Waals surface area contributed by atoms with E-state index in [0.29, 0.717) is 18.2 Å². The number of ether oxygens (including phenoxy) is 1. The van der Waals surface area contributed by atoms with Crippen LogP contribution in [0, 0.1) is 5.92 Å². The van der Waals surface area contributed by atoms with Crippen molar-refractivity contribution in [3.8, 4) is 0 Å². The van der Waals surface area contributed by atoms with Gasteiger partial charge in [0.15, 0.2) is 5.96 Å². The van der Waals surface area contributed by atoms with Crippen LogP contribution < -0.4 is 10.6 Å². The second-order valence-electron chi connectivity index (χ2n) is 7.16. The molecule has 3 rings (SSSR count). The SMILES string of the molecule is CCNC(=NCCC1CCN(C)CC1)NC1CC2CCC1O2.I. The van der Waals surface area contributed by atoms with Gasteiger partial charge in [0.2, 0.25) is 0 Å². The van der Waals surface area contributed by atoms with Crippen LogP contribution in [-0.2, 0) is 4.74 Å². The molecular weight excluding hydrogens is 403 g/mol. The molecule has 0 aliphatic carbocycles. The summed E-state index contributed by atoms with van der Waals surface area (Å²) < 4.78 is 5.92. The molecule has 0 amide bonds. The van der Waals surface area contributed by atoms with E-state index >= 15 is 0 Å². The predicted molar refractivity (Wildman–Crippen MR) is 106 cm³/mol. The van der Waals surface area contributed by atoms with Crippen molar-refractivity contribution in [3.63, 3.8) is 0 Å². The molecule has 3 fully saturated rings. The molecule has 134 valence electrons. The first kappa shape index (κ1) is 19.2. The largest absolute Gasteiger partial charge is 0.373 e. The van der Waals surface area contributed by atoms with Crippen LogP contribution in [0.25, 0.3) is 0 Å². The van der Waals surface area contributed by atoms with Gasteiger partial charge >= 0.3 is 0 Å². The molecule has 3 unspecified atom stereocenters. The van der Waals surface area contributed by atoms with Gasteiger partial charge in [-0.15, -0.1) is 24.0 Å². The maximum atomic E-state index is 5.92. The molecule has 0 aromatic rings. The fourth-order valence-electron chi connectivity index (χ4n) is 4.00. The summed E-state index contributed by atoms with van der Waals surface area (Å²) in [5.74, 6) is 1.84. The van der Waals surface area contributed by atoms with Crippen LogP contribution in [0.3, 0.4) is 0 Å². The molecule has 3 heterocycles. The zero-order chi connectivity index (χ0) is 15.4. The van der Waals surface area contributed by atoms with Crippen LogP contribution in [0.15, 0.2) is 4.99 Å². The van der Waals surface area contributed by atoms with E-state index < -0.39 is 0 Å². The average molecular weight is 436 g/mol. The number of halogens is 1. The maximum absolute atomic E-state index is 5.92. The van der Waals surface area contributed by atoms with Crippen molar-refractivity contribution in [1.82, 2.24) is 15.5 Å². The summed E-state index contributed by atoms with van der Waals surface area (Å²) >= 11 is 0. The van der Waals surface area contributed by atoms with Crippen LogP contribution in [0.1, 0.15) is 45.4 Å². The first-order valence-electron chi connectivity index (χ1n) is 9.13. The van der Waals surface area contributed by atoms with E-state index in [0.717, 1.165) is 31.4 Å². The van der Waals surface area contributed by atoms with E-state index in [9.17, 15) is 0 Å². The van der Waals surface area contributed by atoms with Gasteiger partial charge in [0, 0.05) is 13.1 Å². The average Bonchev–Trinajstić information content (AvgIpc) is 3.12. The van der Waals surface area contributed by atoms with Crippen molar-refractivity contribution < 1.29 is 4.74 Å². The number of rotatable bonds is 5. The minimum absolute atomic E-state index is 0. The van der Waals surface area contributed by atoms with Gasteiger partial charge in [-0.3, -0.25) is 4.99 Å². The zero-order valence-electron chi connectivity index (χ0n) is 14.6. The number of nitrogens with zero attached hydrogens (tertiary/aromatic N) is 2. The Morgan fingerprint density at radius 2 is 2.00 bits per heavy atom. The molecule has 23 heavy (non-hydrogen) atoms. The first-order chi connectivity index (χ1) is 10.7. The molecule has 3 atom stereocenters. The van der Waals surface area contributed by atoms with Gasteiger partial charge < -0.3 is 20.3 Å². The number of piperidine rings is 1. The van der Waals surface area contributed by atoms with E-state index in [1.54, 1.807) is 0 Å². The molecular formula is C17H33IN4O. The van der Waals surface area contributed by atoms with Gasteiger partial charge in [-0.05, 0) is 71.5 Å². The number of nitrogens with one attached hydrogen (secondary N) is 2. The lowest BCUT2D eigenvalue weighted by Crippen LogP contribution is -2.47. The Kier molecular flexibility index (Phi) is 7.88. The topological polar surface area (TPSA) is 48.9 Å². The summed E-state index contributed by atoms with van der Waals surface area (Å²) in [6.07, 6.45) is 8.37. The Morgan fingerprint density at radius 1 is 1.22 bits per heavy atom. The predicted octanol–water partition coefficient (Wildman–Crippen LogP) is 2.21. The number of hydrogen-bond acceptors (Lipinski definition) is 3. The van der Waals surface area contributed by atoms with Crippen molar-refractivity contribution >= 4 is 29.9 Å². The molecule has 2 N–H and O–H groups in total. The number of guanidine groups is 1. The van der Waals surface area contributed by atoms with Crippen LogP contribution in [0.2, 0.25) is 0 Å². The lowest BCUT2D eigenvalue weighted by atomic mass is 9.94. The Labute approximate surface area is 158 Å². The summed E-state index contributed by atoms with van der Waals surface area (Å²) in [4.78, 5) is 7.23. The summed E-state index contributed by atoms with van der Waals surface area (Å²) in [6.45, 7) is 6.48. The lowest BCUT2D eigenvalue weighted by Gasteiger charge is -2.28. The van der Waals surface area contributed by atoms with Gasteiger partial charge in [0.05, 0.1) is 18.2 Å². The number of aliphatic imine (C=N–C) groups is 1. The molecule has 3 saturated heterocycles. The Morgan fingerprint density at radius 3 is 2.61 bits per heavy atom. The fraction of sp³-hybridized carbons (Fsp3) is 0.941. The van der Waals surface area contributed by atoms with Crippen LogP contribution in [-0.4, -0.2) is 62.3 Å². The molecule has 0 spiro atoms. The first-order valence-corrected chi connectivity index (χ1v) is 9.13. The van der Waals surface area contributed by atoms with E-state index in [4.69, 9.17) is 9.73 Å². The highest BCUT2D eigenvalue weighted by Crippen LogP contribution is 2.34. The van der Waals surface area contributed by atoms with Crippen molar-refractivity contribution in [2.75, 3.05) is 33.2 Å². The molecule has 3 aliphatic heterocycles.